The van der Waals surface area contributed by atoms with E-state index in [9.17, 15) is 24.0 Å². The average Bonchev–Trinajstić information content (AvgIpc) is 3.74. The number of aromatic nitrogens is 1. The molecule has 0 aliphatic carbocycles. The Kier molecular flexibility index (Phi) is 9.00. The van der Waals surface area contributed by atoms with Crippen LogP contribution >= 0.6 is 11.3 Å². The molecule has 1 N–H and O–H groups in total. The van der Waals surface area contributed by atoms with E-state index >= 15 is 0 Å². The minimum absolute atomic E-state index is 0.146. The number of nitrogens with zero attached hydrogens (tertiary/aromatic N) is 5. The third-order valence-corrected chi connectivity index (χ3v) is 12.8. The number of anilines is 1. The van der Waals surface area contributed by atoms with Gasteiger partial charge < -0.3 is 28.7 Å². The Morgan fingerprint density at radius 1 is 0.981 bits per heavy atom. The van der Waals surface area contributed by atoms with Crippen LogP contribution in [0.15, 0.2) is 47.4 Å². The van der Waals surface area contributed by atoms with Crippen LogP contribution < -0.4 is 25.2 Å². The fourth-order valence-corrected chi connectivity index (χ4v) is 9.69. The summed E-state index contributed by atoms with van der Waals surface area (Å²) in [7, 11) is 8.43. The summed E-state index contributed by atoms with van der Waals surface area (Å²) in [4.78, 5) is 71.8. The molecule has 2 aromatic carbocycles. The van der Waals surface area contributed by atoms with Gasteiger partial charge in [0.2, 0.25) is 11.8 Å². The minimum Gasteiger partial charge on any atom is -0.496 e. The Balaban J connectivity index is 0.943. The third kappa shape index (κ3) is 6.10. The van der Waals surface area contributed by atoms with E-state index in [1.807, 2.05) is 30.5 Å². The maximum Gasteiger partial charge on any atom is 0.263 e. The summed E-state index contributed by atoms with van der Waals surface area (Å²) in [5.41, 5.74) is 5.25. The fourth-order valence-electron chi connectivity index (χ4n) is 8.49. The second-order valence-corrected chi connectivity index (χ2v) is 16.3. The van der Waals surface area contributed by atoms with Crippen molar-refractivity contribution < 1.29 is 28.7 Å². The van der Waals surface area contributed by atoms with Gasteiger partial charge in [-0.2, -0.15) is 0 Å². The number of methoxy groups -OCH3 is 2. The van der Waals surface area contributed by atoms with Crippen molar-refractivity contribution in [2.24, 2.45) is 12.5 Å². The van der Waals surface area contributed by atoms with E-state index in [0.29, 0.717) is 46.8 Å². The number of likely N-dealkylation sites (tertiary alicyclic amines) is 1. The van der Waals surface area contributed by atoms with Crippen molar-refractivity contribution in [3.05, 3.63) is 74.5 Å². The first-order valence-corrected chi connectivity index (χ1v) is 19.1. The van der Waals surface area contributed by atoms with Gasteiger partial charge >= 0.3 is 0 Å². The van der Waals surface area contributed by atoms with Crippen LogP contribution in [0.3, 0.4) is 0 Å². The quantitative estimate of drug-likeness (QED) is 0.267. The number of nitrogens with one attached hydrogen (secondary N) is 1. The van der Waals surface area contributed by atoms with Crippen LogP contribution in [0.5, 0.6) is 11.5 Å². The van der Waals surface area contributed by atoms with Crippen LogP contribution in [0.1, 0.15) is 56.8 Å². The third-order valence-electron chi connectivity index (χ3n) is 11.6. The molecule has 13 nitrogen and oxygen atoms in total. The summed E-state index contributed by atoms with van der Waals surface area (Å²) in [5, 5.41) is 2.87. The highest BCUT2D eigenvalue weighted by atomic mass is 32.1. The molecule has 6 heterocycles. The molecule has 1 spiro atoms. The SMILES string of the molecule is COc1cc(-c2cn(C)c(=O)c3cc(C(=O)N(C)C)sc23)cc(OC)c1CN1CCC2(CC1)CN(c1ccc3c(c1)C(=O)N(C1CCC(=O)NC1=O)C3)C2. The lowest BCUT2D eigenvalue weighted by molar-refractivity contribution is -0.136. The van der Waals surface area contributed by atoms with Gasteiger partial charge in [-0.3, -0.25) is 34.2 Å². The van der Waals surface area contributed by atoms with Gasteiger partial charge in [-0.15, -0.1) is 11.3 Å². The number of fused-ring (bicyclic) bond motifs is 2. The molecule has 1 atom stereocenters. The lowest BCUT2D eigenvalue weighted by Gasteiger charge is -2.55. The Hall–Kier alpha value is -5.21. The van der Waals surface area contributed by atoms with Gasteiger partial charge in [0.25, 0.3) is 17.4 Å². The zero-order valence-electron chi connectivity index (χ0n) is 31.2. The molecule has 54 heavy (non-hydrogen) atoms. The number of benzene rings is 2. The molecule has 2 aromatic heterocycles. The number of imide groups is 1. The van der Waals surface area contributed by atoms with E-state index in [0.717, 1.165) is 71.7 Å². The number of carbonyl (C=O) groups excluding carboxylic acids is 4. The highest BCUT2D eigenvalue weighted by molar-refractivity contribution is 7.21. The highest BCUT2D eigenvalue weighted by Crippen LogP contribution is 2.45. The number of aryl methyl sites for hydroxylation is 1. The van der Waals surface area contributed by atoms with Crippen molar-refractivity contribution >= 4 is 50.7 Å². The predicted octanol–water partition coefficient (Wildman–Crippen LogP) is 3.85. The van der Waals surface area contributed by atoms with Gasteiger partial charge in [0.05, 0.1) is 30.0 Å². The number of hydrogen-bond donors (Lipinski definition) is 1. The average molecular weight is 753 g/mol. The maximum absolute atomic E-state index is 13.4. The van der Waals surface area contributed by atoms with Crippen LogP contribution in [0, 0.1) is 5.41 Å². The van der Waals surface area contributed by atoms with Crippen LogP contribution in [-0.4, -0.2) is 103 Å². The molecule has 3 saturated heterocycles. The Labute approximate surface area is 317 Å². The predicted molar refractivity (Wildman–Crippen MR) is 205 cm³/mol. The smallest absolute Gasteiger partial charge is 0.263 e. The van der Waals surface area contributed by atoms with Gasteiger partial charge in [0.1, 0.15) is 17.5 Å². The Morgan fingerprint density at radius 2 is 1.69 bits per heavy atom. The molecule has 4 aromatic rings. The lowest BCUT2D eigenvalue weighted by Crippen LogP contribution is -2.60. The standard InChI is InChI=1S/C40H44N6O7S/c1-42(2)39(51)33-17-27-35(54-33)28(19-43(3)37(27)49)24-14-31(52-4)29(32(15-24)53-5)20-44-12-10-40(11-13-44)21-45(22-40)25-7-6-23-18-46(38(50)26(23)16-25)30-8-9-34(47)41-36(30)48/h6-7,14-17,19,30H,8-13,18,20-22H2,1-5H3,(H,41,47,48). The first kappa shape index (κ1) is 35.8. The topological polar surface area (TPSA) is 134 Å². The number of rotatable bonds is 8. The first-order chi connectivity index (χ1) is 25.9. The molecule has 8 rings (SSSR count). The zero-order valence-corrected chi connectivity index (χ0v) is 32.0. The Bertz CT molecular complexity index is 2250. The summed E-state index contributed by atoms with van der Waals surface area (Å²) in [6, 6.07) is 11.1. The lowest BCUT2D eigenvalue weighted by atomic mass is 9.71. The summed E-state index contributed by atoms with van der Waals surface area (Å²) in [6.45, 7) is 4.72. The van der Waals surface area contributed by atoms with Gasteiger partial charge in [0.15, 0.2) is 0 Å². The summed E-state index contributed by atoms with van der Waals surface area (Å²) >= 11 is 1.32. The molecule has 4 aliphatic heterocycles. The number of carbonyl (C=O) groups is 4. The van der Waals surface area contributed by atoms with Crippen molar-refractivity contribution in [1.29, 1.82) is 0 Å². The van der Waals surface area contributed by atoms with Crippen LogP contribution in [0.4, 0.5) is 5.69 Å². The van der Waals surface area contributed by atoms with Crippen molar-refractivity contribution in [2.75, 3.05) is 59.4 Å². The van der Waals surface area contributed by atoms with Gasteiger partial charge in [-0.1, -0.05) is 6.07 Å². The van der Waals surface area contributed by atoms with Crippen molar-refractivity contribution in [3.63, 3.8) is 0 Å². The molecule has 4 amide bonds. The first-order valence-electron chi connectivity index (χ1n) is 18.2. The zero-order chi connectivity index (χ0) is 38.1. The summed E-state index contributed by atoms with van der Waals surface area (Å²) in [6.07, 6.45) is 4.49. The molecule has 1 unspecified atom stereocenters. The number of hydrogen-bond acceptors (Lipinski definition) is 10. The van der Waals surface area contributed by atoms with Crippen LogP contribution in [0.25, 0.3) is 21.2 Å². The molecular weight excluding hydrogens is 709 g/mol. The van der Waals surface area contributed by atoms with E-state index in [4.69, 9.17) is 9.47 Å². The van der Waals surface area contributed by atoms with Gasteiger partial charge in [0, 0.05) is 86.9 Å². The van der Waals surface area contributed by atoms with Crippen molar-refractivity contribution in [1.82, 2.24) is 24.6 Å². The molecule has 14 heteroatoms. The van der Waals surface area contributed by atoms with Crippen molar-refractivity contribution in [2.45, 2.75) is 44.8 Å². The number of amides is 4. The maximum atomic E-state index is 13.4. The molecule has 4 aliphatic rings. The number of thiophene rings is 1. The molecule has 0 saturated carbocycles. The van der Waals surface area contributed by atoms with E-state index in [1.54, 1.807) is 50.9 Å². The van der Waals surface area contributed by atoms with E-state index < -0.39 is 11.9 Å². The molecule has 3 fully saturated rings. The van der Waals surface area contributed by atoms with E-state index in [2.05, 4.69) is 21.2 Å². The minimum atomic E-state index is -0.617. The van der Waals surface area contributed by atoms with Crippen molar-refractivity contribution in [3.8, 4) is 22.6 Å². The largest absolute Gasteiger partial charge is 0.496 e. The molecule has 282 valence electrons. The van der Waals surface area contributed by atoms with E-state index in [1.165, 1.54) is 16.2 Å². The monoisotopic (exact) mass is 752 g/mol. The summed E-state index contributed by atoms with van der Waals surface area (Å²) in [5.74, 6) is 0.418. The highest BCUT2D eigenvalue weighted by Gasteiger charge is 2.46. The summed E-state index contributed by atoms with van der Waals surface area (Å²) < 4.78 is 14.2. The van der Waals surface area contributed by atoms with E-state index in [-0.39, 0.29) is 35.1 Å². The Morgan fingerprint density at radius 3 is 2.33 bits per heavy atom. The number of pyridine rings is 1. The van der Waals surface area contributed by atoms with Gasteiger partial charge in [-0.05, 0) is 73.8 Å². The fraction of sp³-hybridized carbons (Fsp3) is 0.425. The normalized spacial score (nSPS) is 19.6. The number of piperidine rings is 2. The van der Waals surface area contributed by atoms with Crippen LogP contribution in [0.2, 0.25) is 0 Å². The second-order valence-electron chi connectivity index (χ2n) is 15.2. The molecular formula is C40H44N6O7S. The van der Waals surface area contributed by atoms with Crippen LogP contribution in [-0.2, 0) is 29.7 Å². The second kappa shape index (κ2) is 13.6. The molecule has 0 bridgehead atoms. The molecule has 0 radical (unpaired) electrons. The van der Waals surface area contributed by atoms with Gasteiger partial charge in [-0.25, -0.2) is 0 Å². The number of ether oxygens (including phenoxy) is 2.